The van der Waals surface area contributed by atoms with Gasteiger partial charge in [-0.15, -0.1) is 0 Å². The largest absolute Gasteiger partial charge is 0.495 e. The zero-order valence-electron chi connectivity index (χ0n) is 10.0. The van der Waals surface area contributed by atoms with Crippen LogP contribution in [0.15, 0.2) is 18.2 Å². The number of aliphatic hydroxyl groups excluding tert-OH is 1. The molecule has 3 heteroatoms. The van der Waals surface area contributed by atoms with Gasteiger partial charge in [0.25, 0.3) is 0 Å². The van der Waals surface area contributed by atoms with Gasteiger partial charge in [-0.1, -0.05) is 31.5 Å². The van der Waals surface area contributed by atoms with Crippen LogP contribution in [0.4, 0.5) is 0 Å². The van der Waals surface area contributed by atoms with Crippen molar-refractivity contribution in [2.75, 3.05) is 7.11 Å². The van der Waals surface area contributed by atoms with Crippen LogP contribution in [0.5, 0.6) is 5.75 Å². The van der Waals surface area contributed by atoms with Gasteiger partial charge in [0.1, 0.15) is 5.75 Å². The summed E-state index contributed by atoms with van der Waals surface area (Å²) in [6.07, 6.45) is 1.33. The van der Waals surface area contributed by atoms with E-state index >= 15 is 0 Å². The molecule has 1 aromatic rings. The van der Waals surface area contributed by atoms with Gasteiger partial charge in [0.2, 0.25) is 0 Å². The molecule has 2 nitrogen and oxygen atoms in total. The van der Waals surface area contributed by atoms with E-state index in [4.69, 9.17) is 16.3 Å². The fourth-order valence-corrected chi connectivity index (χ4v) is 1.81. The van der Waals surface area contributed by atoms with Crippen LogP contribution in [0, 0.1) is 5.92 Å². The number of aliphatic hydroxyl groups is 1. The van der Waals surface area contributed by atoms with Gasteiger partial charge < -0.3 is 9.84 Å². The predicted molar refractivity (Wildman–Crippen MR) is 67.0 cm³/mol. The van der Waals surface area contributed by atoms with E-state index in [-0.39, 0.29) is 0 Å². The molecule has 0 aliphatic carbocycles. The third-order valence-corrected chi connectivity index (χ3v) is 2.87. The maximum atomic E-state index is 9.96. The van der Waals surface area contributed by atoms with Gasteiger partial charge in [-0.2, -0.15) is 0 Å². The lowest BCUT2D eigenvalue weighted by atomic mass is 10.00. The number of benzene rings is 1. The first-order chi connectivity index (χ1) is 7.54. The standard InChI is InChI=1S/C13H19ClO2/c1-9(2)4-6-12(15)10-5-7-13(16-3)11(14)8-10/h5,7-9,12,15H,4,6H2,1-3H3. The average Bonchev–Trinajstić information content (AvgIpc) is 2.25. The molecule has 16 heavy (non-hydrogen) atoms. The lowest BCUT2D eigenvalue weighted by molar-refractivity contribution is 0.159. The lowest BCUT2D eigenvalue weighted by Crippen LogP contribution is -2.00. The molecule has 0 heterocycles. The summed E-state index contributed by atoms with van der Waals surface area (Å²) in [7, 11) is 1.58. The van der Waals surface area contributed by atoms with Gasteiger partial charge in [-0.3, -0.25) is 0 Å². The molecule has 1 aromatic carbocycles. The van der Waals surface area contributed by atoms with Crippen molar-refractivity contribution >= 4 is 11.6 Å². The van der Waals surface area contributed by atoms with E-state index in [1.807, 2.05) is 6.07 Å². The Morgan fingerprint density at radius 2 is 2.00 bits per heavy atom. The van der Waals surface area contributed by atoms with Gasteiger partial charge in [-0.25, -0.2) is 0 Å². The molecular formula is C13H19ClO2. The van der Waals surface area contributed by atoms with Crippen molar-refractivity contribution in [3.05, 3.63) is 28.8 Å². The summed E-state index contributed by atoms with van der Waals surface area (Å²) in [5.74, 6) is 1.24. The van der Waals surface area contributed by atoms with Crippen molar-refractivity contribution in [1.82, 2.24) is 0 Å². The molecule has 0 aliphatic rings. The summed E-state index contributed by atoms with van der Waals surface area (Å²) in [6, 6.07) is 5.41. The van der Waals surface area contributed by atoms with Crippen molar-refractivity contribution in [3.63, 3.8) is 0 Å². The highest BCUT2D eigenvalue weighted by atomic mass is 35.5. The monoisotopic (exact) mass is 242 g/mol. The van der Waals surface area contributed by atoms with Crippen molar-refractivity contribution in [1.29, 1.82) is 0 Å². The van der Waals surface area contributed by atoms with E-state index in [0.29, 0.717) is 16.7 Å². The SMILES string of the molecule is COc1ccc(C(O)CCC(C)C)cc1Cl. The number of rotatable bonds is 5. The van der Waals surface area contributed by atoms with Crippen LogP contribution in [-0.2, 0) is 0 Å². The van der Waals surface area contributed by atoms with Crippen LogP contribution < -0.4 is 4.74 Å². The maximum absolute atomic E-state index is 9.96. The van der Waals surface area contributed by atoms with Crippen molar-refractivity contribution in [2.24, 2.45) is 5.92 Å². The van der Waals surface area contributed by atoms with Crippen LogP contribution in [0.2, 0.25) is 5.02 Å². The fourth-order valence-electron chi connectivity index (χ4n) is 1.55. The van der Waals surface area contributed by atoms with Crippen molar-refractivity contribution < 1.29 is 9.84 Å². The fraction of sp³-hybridized carbons (Fsp3) is 0.538. The van der Waals surface area contributed by atoms with Crippen LogP contribution in [0.1, 0.15) is 38.4 Å². The molecule has 0 saturated heterocycles. The molecule has 0 aromatic heterocycles. The van der Waals surface area contributed by atoms with Crippen LogP contribution in [-0.4, -0.2) is 12.2 Å². The smallest absolute Gasteiger partial charge is 0.137 e. The van der Waals surface area contributed by atoms with E-state index in [2.05, 4.69) is 13.8 Å². The predicted octanol–water partition coefficient (Wildman–Crippen LogP) is 3.82. The Labute approximate surface area is 102 Å². The van der Waals surface area contributed by atoms with Crippen LogP contribution in [0.3, 0.4) is 0 Å². The van der Waals surface area contributed by atoms with Crippen LogP contribution >= 0.6 is 11.6 Å². The normalized spacial score (nSPS) is 12.9. The van der Waals surface area contributed by atoms with E-state index in [0.717, 1.165) is 18.4 Å². The first-order valence-electron chi connectivity index (χ1n) is 5.56. The topological polar surface area (TPSA) is 29.5 Å². The highest BCUT2D eigenvalue weighted by molar-refractivity contribution is 6.32. The van der Waals surface area contributed by atoms with Crippen molar-refractivity contribution in [2.45, 2.75) is 32.8 Å². The molecule has 0 amide bonds. The summed E-state index contributed by atoms with van der Waals surface area (Å²) >= 11 is 6.00. The Hall–Kier alpha value is -0.730. The number of ether oxygens (including phenoxy) is 1. The Morgan fingerprint density at radius 3 is 2.50 bits per heavy atom. The molecule has 0 spiro atoms. The Kier molecular flexibility index (Phi) is 5.10. The maximum Gasteiger partial charge on any atom is 0.137 e. The zero-order chi connectivity index (χ0) is 12.1. The molecule has 0 bridgehead atoms. The van der Waals surface area contributed by atoms with Gasteiger partial charge in [-0.05, 0) is 36.5 Å². The number of methoxy groups -OCH3 is 1. The van der Waals surface area contributed by atoms with Gasteiger partial charge in [0.05, 0.1) is 18.2 Å². The second-order valence-corrected chi connectivity index (χ2v) is 4.79. The highest BCUT2D eigenvalue weighted by Crippen LogP contribution is 2.29. The zero-order valence-corrected chi connectivity index (χ0v) is 10.8. The summed E-state index contributed by atoms with van der Waals surface area (Å²) in [6.45, 7) is 4.29. The third-order valence-electron chi connectivity index (χ3n) is 2.58. The van der Waals surface area contributed by atoms with Crippen LogP contribution in [0.25, 0.3) is 0 Å². The average molecular weight is 243 g/mol. The van der Waals surface area contributed by atoms with E-state index in [1.165, 1.54) is 0 Å². The molecule has 0 aliphatic heterocycles. The van der Waals surface area contributed by atoms with E-state index in [9.17, 15) is 5.11 Å². The Morgan fingerprint density at radius 1 is 1.31 bits per heavy atom. The van der Waals surface area contributed by atoms with E-state index in [1.54, 1.807) is 19.2 Å². The van der Waals surface area contributed by atoms with E-state index < -0.39 is 6.10 Å². The molecule has 1 N–H and O–H groups in total. The minimum absolute atomic E-state index is 0.439. The summed E-state index contributed by atoms with van der Waals surface area (Å²) in [5, 5.41) is 10.5. The van der Waals surface area contributed by atoms with Gasteiger partial charge in [0.15, 0.2) is 0 Å². The molecule has 0 fully saturated rings. The molecule has 1 rings (SSSR count). The van der Waals surface area contributed by atoms with Crippen molar-refractivity contribution in [3.8, 4) is 5.75 Å². The second kappa shape index (κ2) is 6.12. The Bertz CT molecular complexity index is 337. The molecule has 90 valence electrons. The summed E-state index contributed by atoms with van der Waals surface area (Å²) in [4.78, 5) is 0. The first kappa shape index (κ1) is 13.3. The summed E-state index contributed by atoms with van der Waals surface area (Å²) < 4.78 is 5.06. The second-order valence-electron chi connectivity index (χ2n) is 4.38. The highest BCUT2D eigenvalue weighted by Gasteiger charge is 2.10. The minimum atomic E-state index is -0.439. The Balaban J connectivity index is 2.69. The summed E-state index contributed by atoms with van der Waals surface area (Å²) in [5.41, 5.74) is 0.853. The van der Waals surface area contributed by atoms with Gasteiger partial charge >= 0.3 is 0 Å². The minimum Gasteiger partial charge on any atom is -0.495 e. The quantitative estimate of drug-likeness (QED) is 0.851. The molecular weight excluding hydrogens is 224 g/mol. The lowest BCUT2D eigenvalue weighted by Gasteiger charge is -2.13. The number of halogens is 1. The molecule has 0 radical (unpaired) electrons. The number of hydrogen-bond acceptors (Lipinski definition) is 2. The number of hydrogen-bond donors (Lipinski definition) is 1. The van der Waals surface area contributed by atoms with Gasteiger partial charge in [0, 0.05) is 0 Å². The first-order valence-corrected chi connectivity index (χ1v) is 5.94. The third kappa shape index (κ3) is 3.69. The molecule has 1 atom stereocenters. The molecule has 1 unspecified atom stereocenters. The molecule has 0 saturated carbocycles.